The van der Waals surface area contributed by atoms with E-state index in [1.165, 1.54) is 25.3 Å². The Morgan fingerprint density at radius 1 is 1.16 bits per heavy atom. The van der Waals surface area contributed by atoms with Gasteiger partial charge in [0.1, 0.15) is 11.8 Å². The Bertz CT molecular complexity index is 617. The van der Waals surface area contributed by atoms with Crippen LogP contribution in [0.2, 0.25) is 0 Å². The molecule has 0 radical (unpaired) electrons. The Morgan fingerprint density at radius 3 is 2.44 bits per heavy atom. The molecule has 0 saturated heterocycles. The van der Waals surface area contributed by atoms with Gasteiger partial charge in [0, 0.05) is 12.0 Å². The highest BCUT2D eigenvalue weighted by atomic mass is 16.5. The minimum absolute atomic E-state index is 0.0113. The molecule has 138 valence electrons. The number of esters is 2. The highest BCUT2D eigenvalue weighted by molar-refractivity contribution is 5.97. The molecule has 3 N–H and O–H groups in total. The molecule has 8 heteroatoms. The molecular weight excluding hydrogens is 328 g/mol. The van der Waals surface area contributed by atoms with Gasteiger partial charge >= 0.3 is 11.9 Å². The lowest BCUT2D eigenvalue weighted by Crippen LogP contribution is -2.42. The van der Waals surface area contributed by atoms with Crippen molar-refractivity contribution in [2.75, 3.05) is 26.1 Å². The lowest BCUT2D eigenvalue weighted by molar-refractivity contribution is -0.146. The van der Waals surface area contributed by atoms with Gasteiger partial charge in [-0.1, -0.05) is 0 Å². The number of benzene rings is 1. The summed E-state index contributed by atoms with van der Waals surface area (Å²) in [5.74, 6) is -1.20. The number of ether oxygens (including phenoxy) is 3. The molecule has 0 aliphatic heterocycles. The van der Waals surface area contributed by atoms with Crippen LogP contribution in [0, 0.1) is 0 Å². The third kappa shape index (κ3) is 6.33. The molecule has 1 rings (SSSR count). The highest BCUT2D eigenvalue weighted by Crippen LogP contribution is 2.22. The summed E-state index contributed by atoms with van der Waals surface area (Å²) in [5, 5.41) is 2.57. The molecule has 0 aliphatic carbocycles. The van der Waals surface area contributed by atoms with Crippen molar-refractivity contribution >= 4 is 23.5 Å². The van der Waals surface area contributed by atoms with Crippen LogP contribution in [0.15, 0.2) is 18.2 Å². The Labute approximate surface area is 146 Å². The molecule has 0 heterocycles. The normalized spacial score (nSPS) is 11.3. The first-order valence-electron chi connectivity index (χ1n) is 7.99. The number of hydrogen-bond acceptors (Lipinski definition) is 7. The smallest absolute Gasteiger partial charge is 0.328 e. The summed E-state index contributed by atoms with van der Waals surface area (Å²) >= 11 is 0. The van der Waals surface area contributed by atoms with Gasteiger partial charge in [-0.25, -0.2) is 4.79 Å². The van der Waals surface area contributed by atoms with E-state index in [9.17, 15) is 14.4 Å². The van der Waals surface area contributed by atoms with Crippen molar-refractivity contribution in [3.8, 4) is 5.75 Å². The molecule has 0 saturated carbocycles. The summed E-state index contributed by atoms with van der Waals surface area (Å²) in [6, 6.07) is 3.56. The van der Waals surface area contributed by atoms with E-state index in [0.29, 0.717) is 11.4 Å². The van der Waals surface area contributed by atoms with Crippen LogP contribution in [-0.2, 0) is 19.1 Å². The van der Waals surface area contributed by atoms with Crippen molar-refractivity contribution in [1.29, 1.82) is 0 Å². The fourth-order valence-electron chi connectivity index (χ4n) is 2.08. The molecule has 0 spiro atoms. The number of carbonyl (C=O) groups is 3. The van der Waals surface area contributed by atoms with E-state index in [1.54, 1.807) is 13.8 Å². The lowest BCUT2D eigenvalue weighted by Gasteiger charge is -2.17. The van der Waals surface area contributed by atoms with Gasteiger partial charge in [-0.3, -0.25) is 9.59 Å². The molecule has 1 amide bonds. The zero-order valence-electron chi connectivity index (χ0n) is 14.7. The first-order valence-corrected chi connectivity index (χ1v) is 7.99. The molecule has 0 aliphatic rings. The number of amides is 1. The van der Waals surface area contributed by atoms with Crippen LogP contribution in [0.5, 0.6) is 5.75 Å². The number of nitrogen functional groups attached to an aromatic ring is 1. The largest absolute Gasteiger partial charge is 0.495 e. The number of rotatable bonds is 9. The standard InChI is InChI=1S/C17H24N2O6/c1-4-24-15(20)9-8-13(17(22)25-5-2)19-16(21)11-6-7-12(18)14(10-11)23-3/h6-7,10,13H,4-5,8-9,18H2,1-3H3,(H,19,21)/t13-/m0/s1. The van der Waals surface area contributed by atoms with Crippen LogP contribution in [0.4, 0.5) is 5.69 Å². The number of hydrogen-bond donors (Lipinski definition) is 2. The van der Waals surface area contributed by atoms with E-state index < -0.39 is 23.9 Å². The van der Waals surface area contributed by atoms with Crippen LogP contribution in [0.25, 0.3) is 0 Å². The Morgan fingerprint density at radius 2 is 1.84 bits per heavy atom. The molecule has 1 aromatic rings. The van der Waals surface area contributed by atoms with Crippen LogP contribution in [0.1, 0.15) is 37.0 Å². The highest BCUT2D eigenvalue weighted by Gasteiger charge is 2.24. The maximum absolute atomic E-state index is 12.4. The van der Waals surface area contributed by atoms with E-state index in [4.69, 9.17) is 19.9 Å². The van der Waals surface area contributed by atoms with Crippen LogP contribution in [-0.4, -0.2) is 44.2 Å². The lowest BCUT2D eigenvalue weighted by atomic mass is 10.1. The summed E-state index contributed by atoms with van der Waals surface area (Å²) < 4.78 is 14.9. The third-order valence-corrected chi connectivity index (χ3v) is 3.31. The first kappa shape index (κ1) is 20.3. The molecule has 0 aromatic heterocycles. The van der Waals surface area contributed by atoms with Crippen molar-refractivity contribution in [2.24, 2.45) is 0 Å². The predicted molar refractivity (Wildman–Crippen MR) is 91.2 cm³/mol. The summed E-state index contributed by atoms with van der Waals surface area (Å²) in [6.45, 7) is 3.77. The molecule has 8 nitrogen and oxygen atoms in total. The van der Waals surface area contributed by atoms with Gasteiger partial charge in [0.2, 0.25) is 0 Å². The molecule has 25 heavy (non-hydrogen) atoms. The van der Waals surface area contributed by atoms with Gasteiger partial charge in [0.05, 0.1) is 26.0 Å². The van der Waals surface area contributed by atoms with Crippen molar-refractivity contribution in [3.63, 3.8) is 0 Å². The first-order chi connectivity index (χ1) is 11.9. The van der Waals surface area contributed by atoms with Crippen LogP contribution in [0.3, 0.4) is 0 Å². The Kier molecular flexibility index (Phi) is 8.25. The van der Waals surface area contributed by atoms with Gasteiger partial charge in [0.15, 0.2) is 0 Å². The van der Waals surface area contributed by atoms with Gasteiger partial charge in [0.25, 0.3) is 5.91 Å². The Balaban J connectivity index is 2.83. The summed E-state index contributed by atoms with van der Waals surface area (Å²) in [6.07, 6.45) is 0.0676. The topological polar surface area (TPSA) is 117 Å². The summed E-state index contributed by atoms with van der Waals surface area (Å²) in [5.41, 5.74) is 6.38. The average molecular weight is 352 g/mol. The minimum atomic E-state index is -0.958. The van der Waals surface area contributed by atoms with Crippen molar-refractivity contribution in [2.45, 2.75) is 32.7 Å². The van der Waals surface area contributed by atoms with E-state index in [2.05, 4.69) is 5.32 Å². The Hall–Kier alpha value is -2.77. The zero-order valence-corrected chi connectivity index (χ0v) is 14.7. The van der Waals surface area contributed by atoms with Crippen LogP contribution < -0.4 is 15.8 Å². The van der Waals surface area contributed by atoms with E-state index >= 15 is 0 Å². The molecule has 0 unspecified atom stereocenters. The van der Waals surface area contributed by atoms with E-state index in [-0.39, 0.29) is 31.6 Å². The van der Waals surface area contributed by atoms with E-state index in [0.717, 1.165) is 0 Å². The van der Waals surface area contributed by atoms with Crippen molar-refractivity contribution < 1.29 is 28.6 Å². The molecule has 0 bridgehead atoms. The van der Waals surface area contributed by atoms with E-state index in [1.807, 2.05) is 0 Å². The SMILES string of the molecule is CCOC(=O)CC[C@H](NC(=O)c1ccc(N)c(OC)c1)C(=O)OCC. The number of nitrogens with two attached hydrogens (primary N) is 1. The quantitative estimate of drug-likeness (QED) is 0.508. The second kappa shape index (κ2) is 10.2. The molecule has 1 aromatic carbocycles. The number of nitrogens with one attached hydrogen (secondary N) is 1. The number of anilines is 1. The fraction of sp³-hybridized carbons (Fsp3) is 0.471. The summed E-state index contributed by atoms with van der Waals surface area (Å²) in [4.78, 5) is 35.9. The second-order valence-corrected chi connectivity index (χ2v) is 5.08. The average Bonchev–Trinajstić information content (AvgIpc) is 2.59. The molecule has 0 fully saturated rings. The fourth-order valence-corrected chi connectivity index (χ4v) is 2.08. The third-order valence-electron chi connectivity index (χ3n) is 3.31. The van der Waals surface area contributed by atoms with Gasteiger partial charge in [-0.15, -0.1) is 0 Å². The second-order valence-electron chi connectivity index (χ2n) is 5.08. The maximum Gasteiger partial charge on any atom is 0.328 e. The monoisotopic (exact) mass is 352 g/mol. The zero-order chi connectivity index (χ0) is 18.8. The molecular formula is C17H24N2O6. The van der Waals surface area contributed by atoms with Crippen molar-refractivity contribution in [3.05, 3.63) is 23.8 Å². The molecule has 1 atom stereocenters. The predicted octanol–water partition coefficient (Wildman–Crippen LogP) is 1.28. The van der Waals surface area contributed by atoms with Crippen LogP contribution >= 0.6 is 0 Å². The van der Waals surface area contributed by atoms with Gasteiger partial charge in [-0.2, -0.15) is 0 Å². The minimum Gasteiger partial charge on any atom is -0.495 e. The van der Waals surface area contributed by atoms with Gasteiger partial charge in [-0.05, 0) is 38.5 Å². The summed E-state index contributed by atoms with van der Waals surface area (Å²) in [7, 11) is 1.44. The maximum atomic E-state index is 12.4. The number of carbonyl (C=O) groups excluding carboxylic acids is 3. The number of methoxy groups -OCH3 is 1. The van der Waals surface area contributed by atoms with Crippen molar-refractivity contribution in [1.82, 2.24) is 5.32 Å². The van der Waals surface area contributed by atoms with Gasteiger partial charge < -0.3 is 25.3 Å².